The summed E-state index contributed by atoms with van der Waals surface area (Å²) < 4.78 is 10.2. The molecule has 0 saturated heterocycles. The lowest BCUT2D eigenvalue weighted by Gasteiger charge is -1.87. The van der Waals surface area contributed by atoms with Crippen LogP contribution in [0.5, 0.6) is 0 Å². The molecule has 4 heteroatoms. The maximum absolute atomic E-state index is 11.6. The van der Waals surface area contributed by atoms with Crippen molar-refractivity contribution >= 4 is 22.1 Å². The molecule has 0 spiro atoms. The predicted octanol–water partition coefficient (Wildman–Crippen LogP) is 3.06. The molecule has 0 atom stereocenters. The number of rotatable bonds is 0. The van der Waals surface area contributed by atoms with E-state index in [9.17, 15) is 4.79 Å². The molecular formula is C14H9NO3. The fraction of sp³-hybridized carbons (Fsp3) is 0. The second-order valence-corrected chi connectivity index (χ2v) is 3.72. The van der Waals surface area contributed by atoms with Crippen molar-refractivity contribution in [3.63, 3.8) is 0 Å². The average Bonchev–Trinajstić information content (AvgIpc) is 2.45. The molecule has 3 aromatic rings. The Morgan fingerprint density at radius 3 is 2.39 bits per heavy atom. The maximum atomic E-state index is 11.6. The maximum Gasteiger partial charge on any atom is 0.519 e. The van der Waals surface area contributed by atoms with Crippen molar-refractivity contribution in [1.82, 2.24) is 4.98 Å². The van der Waals surface area contributed by atoms with Gasteiger partial charge in [-0.3, -0.25) is 4.98 Å². The number of hydrogen-bond acceptors (Lipinski definition) is 4. The molecule has 1 aromatic heterocycles. The van der Waals surface area contributed by atoms with Gasteiger partial charge in [0.1, 0.15) is 11.1 Å². The Labute approximate surface area is 102 Å². The molecule has 0 N–H and O–H groups in total. The van der Waals surface area contributed by atoms with Gasteiger partial charge in [0.15, 0.2) is 5.58 Å². The lowest BCUT2D eigenvalue weighted by molar-refractivity contribution is 0.376. The Bertz CT molecular complexity index is 749. The summed E-state index contributed by atoms with van der Waals surface area (Å²) in [5.41, 5.74) is 1.40. The summed E-state index contributed by atoms with van der Waals surface area (Å²) in [5, 5.41) is 0.728. The highest BCUT2D eigenvalue weighted by Crippen LogP contribution is 2.11. The minimum atomic E-state index is -0.764. The van der Waals surface area contributed by atoms with Gasteiger partial charge in [-0.05, 0) is 24.3 Å². The molecule has 88 valence electrons. The number of nitrogens with zero attached hydrogens (tertiary/aromatic N) is 1. The summed E-state index contributed by atoms with van der Waals surface area (Å²) >= 11 is 0. The van der Waals surface area contributed by atoms with Crippen LogP contribution in [0.25, 0.3) is 22.1 Å². The molecule has 1 heterocycles. The molecule has 0 amide bonds. The van der Waals surface area contributed by atoms with Crippen LogP contribution in [0.3, 0.4) is 0 Å². The van der Waals surface area contributed by atoms with Gasteiger partial charge in [-0.1, -0.05) is 24.3 Å². The van der Waals surface area contributed by atoms with Gasteiger partial charge >= 0.3 is 5.82 Å². The van der Waals surface area contributed by atoms with E-state index >= 15 is 0 Å². The van der Waals surface area contributed by atoms with E-state index in [1.807, 2.05) is 18.2 Å². The molecule has 0 bridgehead atoms. The molecule has 0 unspecified atom stereocenters. The summed E-state index contributed by atoms with van der Waals surface area (Å²) in [7, 11) is 0. The summed E-state index contributed by atoms with van der Waals surface area (Å²) in [5.74, 6) is -0.764. The third-order valence-corrected chi connectivity index (χ3v) is 2.51. The van der Waals surface area contributed by atoms with Gasteiger partial charge in [-0.25, -0.2) is 4.79 Å². The van der Waals surface area contributed by atoms with E-state index in [0.29, 0.717) is 16.7 Å². The smallest absolute Gasteiger partial charge is 0.394 e. The molecule has 4 nitrogen and oxygen atoms in total. The van der Waals surface area contributed by atoms with E-state index in [2.05, 4.69) is 4.98 Å². The monoisotopic (exact) mass is 239 g/mol. The lowest BCUT2D eigenvalue weighted by Crippen LogP contribution is -1.91. The van der Waals surface area contributed by atoms with Gasteiger partial charge in [0.05, 0.1) is 0 Å². The van der Waals surface area contributed by atoms with Gasteiger partial charge in [0.2, 0.25) is 0 Å². The second kappa shape index (κ2) is 4.33. The number of benzene rings is 2. The van der Waals surface area contributed by atoms with E-state index < -0.39 is 5.82 Å². The zero-order chi connectivity index (χ0) is 12.4. The summed E-state index contributed by atoms with van der Waals surface area (Å²) in [4.78, 5) is 15.9. The Kier molecular flexibility index (Phi) is 2.53. The fourth-order valence-corrected chi connectivity index (χ4v) is 1.67. The van der Waals surface area contributed by atoms with E-state index in [-0.39, 0.29) is 0 Å². The zero-order valence-electron chi connectivity index (χ0n) is 9.37. The first-order valence-electron chi connectivity index (χ1n) is 5.45. The van der Waals surface area contributed by atoms with E-state index in [1.165, 1.54) is 0 Å². The number of para-hydroxylation sites is 3. The summed E-state index contributed by atoms with van der Waals surface area (Å²) in [6.07, 6.45) is 1.65. The Morgan fingerprint density at radius 2 is 1.50 bits per heavy atom. The van der Waals surface area contributed by atoms with Gasteiger partial charge < -0.3 is 8.83 Å². The van der Waals surface area contributed by atoms with Gasteiger partial charge in [0.25, 0.3) is 0 Å². The normalized spacial score (nSPS) is 10.4. The van der Waals surface area contributed by atoms with Crippen LogP contribution in [0.4, 0.5) is 0 Å². The highest BCUT2D eigenvalue weighted by atomic mass is 16.5. The second-order valence-electron chi connectivity index (χ2n) is 3.72. The third kappa shape index (κ3) is 1.96. The standard InChI is InChI=1S/C14H9NO3/c16-14-17-12-7-3-1-5-10(12)9-15-11-6-2-4-8-13(11)18-14/h1-9H. The van der Waals surface area contributed by atoms with E-state index in [0.717, 1.165) is 5.39 Å². The van der Waals surface area contributed by atoms with Gasteiger partial charge in [0, 0.05) is 11.6 Å². The van der Waals surface area contributed by atoms with Crippen molar-refractivity contribution in [2.45, 2.75) is 0 Å². The molecular weight excluding hydrogens is 230 g/mol. The van der Waals surface area contributed by atoms with Crippen LogP contribution in [0.1, 0.15) is 0 Å². The molecule has 0 aliphatic heterocycles. The van der Waals surface area contributed by atoms with Crippen molar-refractivity contribution in [2.75, 3.05) is 0 Å². The quantitative estimate of drug-likeness (QED) is 0.605. The molecule has 0 aliphatic rings. The minimum absolute atomic E-state index is 0.381. The van der Waals surface area contributed by atoms with Crippen molar-refractivity contribution < 1.29 is 8.83 Å². The van der Waals surface area contributed by atoms with Crippen LogP contribution < -0.4 is 5.82 Å². The average molecular weight is 239 g/mol. The van der Waals surface area contributed by atoms with E-state index in [4.69, 9.17) is 8.83 Å². The van der Waals surface area contributed by atoms with Crippen LogP contribution in [-0.2, 0) is 0 Å². The molecule has 0 saturated carbocycles. The van der Waals surface area contributed by atoms with Crippen molar-refractivity contribution in [3.8, 4) is 0 Å². The van der Waals surface area contributed by atoms with Gasteiger partial charge in [-0.15, -0.1) is 0 Å². The zero-order valence-corrected chi connectivity index (χ0v) is 9.37. The molecule has 18 heavy (non-hydrogen) atoms. The Hall–Kier alpha value is -2.62. The highest BCUT2D eigenvalue weighted by molar-refractivity contribution is 5.76. The predicted molar refractivity (Wildman–Crippen MR) is 67.7 cm³/mol. The molecule has 2 aromatic carbocycles. The van der Waals surface area contributed by atoms with Crippen molar-refractivity contribution in [2.24, 2.45) is 0 Å². The largest absolute Gasteiger partial charge is 0.519 e. The Morgan fingerprint density at radius 1 is 0.833 bits per heavy atom. The highest BCUT2D eigenvalue weighted by Gasteiger charge is 1.96. The minimum Gasteiger partial charge on any atom is -0.394 e. The van der Waals surface area contributed by atoms with Crippen molar-refractivity contribution in [1.29, 1.82) is 0 Å². The van der Waals surface area contributed by atoms with Crippen LogP contribution in [0.2, 0.25) is 0 Å². The van der Waals surface area contributed by atoms with Crippen LogP contribution in [0.15, 0.2) is 68.4 Å². The number of aromatic nitrogens is 1. The third-order valence-electron chi connectivity index (χ3n) is 2.51. The molecule has 0 radical (unpaired) electrons. The van der Waals surface area contributed by atoms with E-state index in [1.54, 1.807) is 36.5 Å². The Balaban J connectivity index is 2.55. The van der Waals surface area contributed by atoms with Crippen LogP contribution in [0, 0.1) is 0 Å². The van der Waals surface area contributed by atoms with Crippen LogP contribution in [-0.4, -0.2) is 4.98 Å². The molecule has 0 aliphatic carbocycles. The van der Waals surface area contributed by atoms with Crippen LogP contribution >= 0.6 is 0 Å². The number of hydrogen-bond donors (Lipinski definition) is 0. The first-order valence-corrected chi connectivity index (χ1v) is 5.45. The number of fused-ring (bicyclic) bond motifs is 2. The topological polar surface area (TPSA) is 56.2 Å². The lowest BCUT2D eigenvalue weighted by atomic mass is 10.3. The first-order chi connectivity index (χ1) is 8.83. The molecule has 3 rings (SSSR count). The summed E-state index contributed by atoms with van der Waals surface area (Å²) in [6.45, 7) is 0. The first kappa shape index (κ1) is 10.5. The van der Waals surface area contributed by atoms with Crippen molar-refractivity contribution in [3.05, 3.63) is 65.3 Å². The summed E-state index contributed by atoms with van der Waals surface area (Å²) in [6, 6.07) is 14.2. The SMILES string of the molecule is O=c1oc2ccccc2cnc2ccccc2o1. The molecule has 0 fully saturated rings. The fourth-order valence-electron chi connectivity index (χ4n) is 1.67. The van der Waals surface area contributed by atoms with Gasteiger partial charge in [-0.2, -0.15) is 0 Å².